The van der Waals surface area contributed by atoms with Gasteiger partial charge in [0, 0.05) is 47.5 Å². The van der Waals surface area contributed by atoms with E-state index in [1.54, 1.807) is 21.1 Å². The third-order valence-electron chi connectivity index (χ3n) is 3.57. The highest BCUT2D eigenvalue weighted by molar-refractivity contribution is 5.78. The SMILES string of the molecule is CNC(=O)CCCCC(=O)N(C)CN(C)C(=O)CCCOC(=O)NC. The van der Waals surface area contributed by atoms with Crippen LogP contribution in [-0.4, -0.2) is 75.1 Å². The molecular formula is C16H30N4O5. The Hall–Kier alpha value is -2.32. The van der Waals surface area contributed by atoms with Gasteiger partial charge in [-0.15, -0.1) is 0 Å². The number of nitrogens with zero attached hydrogens (tertiary/aromatic N) is 2. The average Bonchev–Trinajstić information content (AvgIpc) is 2.60. The maximum atomic E-state index is 12.0. The first kappa shape index (κ1) is 22.7. The highest BCUT2D eigenvalue weighted by atomic mass is 16.5. The van der Waals surface area contributed by atoms with Crippen LogP contribution in [0.15, 0.2) is 0 Å². The molecule has 0 aromatic heterocycles. The van der Waals surface area contributed by atoms with E-state index in [1.807, 2.05) is 0 Å². The molecule has 0 aliphatic heterocycles. The minimum Gasteiger partial charge on any atom is -0.450 e. The summed E-state index contributed by atoms with van der Waals surface area (Å²) in [5.74, 6) is -0.231. The predicted octanol–water partition coefficient (Wildman–Crippen LogP) is 0.303. The number of carbonyl (C=O) groups excluding carboxylic acids is 4. The van der Waals surface area contributed by atoms with E-state index in [0.717, 1.165) is 0 Å². The fourth-order valence-electron chi connectivity index (χ4n) is 2.00. The number of unbranched alkanes of at least 4 members (excludes halogenated alkanes) is 1. The van der Waals surface area contributed by atoms with E-state index in [2.05, 4.69) is 10.6 Å². The molecule has 0 unspecified atom stereocenters. The molecule has 0 spiro atoms. The molecule has 0 saturated heterocycles. The third-order valence-corrected chi connectivity index (χ3v) is 3.57. The minimum absolute atomic E-state index is 0.0356. The van der Waals surface area contributed by atoms with Crippen molar-refractivity contribution in [3.8, 4) is 0 Å². The lowest BCUT2D eigenvalue weighted by Gasteiger charge is -2.25. The zero-order valence-corrected chi connectivity index (χ0v) is 15.6. The summed E-state index contributed by atoms with van der Waals surface area (Å²) in [7, 11) is 6.31. The molecule has 144 valence electrons. The lowest BCUT2D eigenvalue weighted by Crippen LogP contribution is -2.40. The normalized spacial score (nSPS) is 9.92. The molecule has 0 bridgehead atoms. The van der Waals surface area contributed by atoms with E-state index in [4.69, 9.17) is 4.74 Å². The number of nitrogens with one attached hydrogen (secondary N) is 2. The topological polar surface area (TPSA) is 108 Å². The first-order valence-corrected chi connectivity index (χ1v) is 8.34. The summed E-state index contributed by atoms with van der Waals surface area (Å²) in [6.07, 6.45) is 2.17. The van der Waals surface area contributed by atoms with Crippen molar-refractivity contribution in [3.05, 3.63) is 0 Å². The van der Waals surface area contributed by atoms with Crippen LogP contribution >= 0.6 is 0 Å². The first-order chi connectivity index (χ1) is 11.8. The summed E-state index contributed by atoms with van der Waals surface area (Å²) in [5, 5.41) is 4.86. The van der Waals surface area contributed by atoms with Gasteiger partial charge in [0.1, 0.15) is 0 Å². The molecule has 9 nitrogen and oxygen atoms in total. The number of alkyl carbamates (subject to hydrolysis) is 1. The first-order valence-electron chi connectivity index (χ1n) is 8.34. The molecule has 2 N–H and O–H groups in total. The molecule has 0 aromatic rings. The van der Waals surface area contributed by atoms with Crippen molar-refractivity contribution >= 4 is 23.8 Å². The lowest BCUT2D eigenvalue weighted by atomic mass is 10.2. The van der Waals surface area contributed by atoms with Crippen LogP contribution < -0.4 is 10.6 Å². The Morgan fingerprint density at radius 2 is 1.32 bits per heavy atom. The summed E-state index contributed by atoms with van der Waals surface area (Å²) in [5.41, 5.74) is 0. The molecule has 0 aliphatic carbocycles. The quantitative estimate of drug-likeness (QED) is 0.408. The smallest absolute Gasteiger partial charge is 0.406 e. The number of hydrogen-bond donors (Lipinski definition) is 2. The van der Waals surface area contributed by atoms with Gasteiger partial charge in [0.25, 0.3) is 0 Å². The van der Waals surface area contributed by atoms with Gasteiger partial charge in [-0.05, 0) is 19.3 Å². The second-order valence-electron chi connectivity index (χ2n) is 5.69. The van der Waals surface area contributed by atoms with Crippen LogP contribution in [0.3, 0.4) is 0 Å². The van der Waals surface area contributed by atoms with Gasteiger partial charge in [0.15, 0.2) is 0 Å². The summed E-state index contributed by atoms with van der Waals surface area (Å²) < 4.78 is 4.81. The molecular weight excluding hydrogens is 328 g/mol. The van der Waals surface area contributed by atoms with E-state index in [1.165, 1.54) is 16.8 Å². The summed E-state index contributed by atoms with van der Waals surface area (Å²) in [4.78, 5) is 48.9. The Morgan fingerprint density at radius 1 is 0.800 bits per heavy atom. The van der Waals surface area contributed by atoms with Crippen molar-refractivity contribution < 1.29 is 23.9 Å². The highest BCUT2D eigenvalue weighted by Gasteiger charge is 2.15. The molecule has 0 saturated carbocycles. The largest absolute Gasteiger partial charge is 0.450 e. The summed E-state index contributed by atoms with van der Waals surface area (Å²) in [6.45, 7) is 0.364. The van der Waals surface area contributed by atoms with Crippen LogP contribution in [-0.2, 0) is 19.1 Å². The fraction of sp³-hybridized carbons (Fsp3) is 0.750. The van der Waals surface area contributed by atoms with E-state index in [9.17, 15) is 19.2 Å². The predicted molar refractivity (Wildman–Crippen MR) is 92.6 cm³/mol. The van der Waals surface area contributed by atoms with Crippen molar-refractivity contribution in [2.45, 2.75) is 38.5 Å². The minimum atomic E-state index is -0.525. The Labute approximate surface area is 149 Å². The van der Waals surface area contributed by atoms with Crippen molar-refractivity contribution in [1.82, 2.24) is 20.4 Å². The van der Waals surface area contributed by atoms with Crippen molar-refractivity contribution in [2.24, 2.45) is 0 Å². The van der Waals surface area contributed by atoms with E-state index in [0.29, 0.717) is 32.1 Å². The molecule has 0 fully saturated rings. The van der Waals surface area contributed by atoms with E-state index >= 15 is 0 Å². The number of hydrogen-bond acceptors (Lipinski definition) is 5. The second-order valence-corrected chi connectivity index (χ2v) is 5.69. The van der Waals surface area contributed by atoms with Crippen LogP contribution in [0.5, 0.6) is 0 Å². The molecule has 0 rings (SSSR count). The number of rotatable bonds is 11. The van der Waals surface area contributed by atoms with Crippen LogP contribution in [0.1, 0.15) is 38.5 Å². The van der Waals surface area contributed by atoms with Gasteiger partial charge in [0.05, 0.1) is 13.3 Å². The van der Waals surface area contributed by atoms with Crippen molar-refractivity contribution in [2.75, 3.05) is 41.5 Å². The molecule has 0 atom stereocenters. The van der Waals surface area contributed by atoms with Crippen molar-refractivity contribution in [1.29, 1.82) is 0 Å². The van der Waals surface area contributed by atoms with Crippen molar-refractivity contribution in [3.63, 3.8) is 0 Å². The van der Waals surface area contributed by atoms with Gasteiger partial charge < -0.3 is 25.2 Å². The average molecular weight is 358 g/mol. The monoisotopic (exact) mass is 358 g/mol. The molecule has 4 amide bonds. The summed E-state index contributed by atoms with van der Waals surface area (Å²) in [6, 6.07) is 0. The Balaban J connectivity index is 3.95. The highest BCUT2D eigenvalue weighted by Crippen LogP contribution is 2.04. The fourth-order valence-corrected chi connectivity index (χ4v) is 2.00. The van der Waals surface area contributed by atoms with E-state index < -0.39 is 6.09 Å². The number of amides is 4. The van der Waals surface area contributed by atoms with Gasteiger partial charge in [-0.25, -0.2) is 4.79 Å². The Bertz CT molecular complexity index is 416. The van der Waals surface area contributed by atoms with Gasteiger partial charge in [-0.1, -0.05) is 0 Å². The third kappa shape index (κ3) is 11.0. The zero-order valence-electron chi connectivity index (χ0n) is 15.6. The van der Waals surface area contributed by atoms with Crippen LogP contribution in [0.25, 0.3) is 0 Å². The standard InChI is InChI=1S/C16H30N4O5/c1-17-13(21)8-5-6-9-14(22)19(3)12-20(4)15(23)10-7-11-25-16(24)18-2/h5-12H2,1-4H3,(H,17,21)(H,18,24). The molecule has 0 radical (unpaired) electrons. The van der Waals surface area contributed by atoms with Gasteiger partial charge >= 0.3 is 6.09 Å². The van der Waals surface area contributed by atoms with Gasteiger partial charge in [0.2, 0.25) is 17.7 Å². The maximum Gasteiger partial charge on any atom is 0.406 e. The second kappa shape index (κ2) is 13.0. The molecule has 0 aliphatic rings. The van der Waals surface area contributed by atoms with Crippen LogP contribution in [0.4, 0.5) is 4.79 Å². The summed E-state index contributed by atoms with van der Waals surface area (Å²) >= 11 is 0. The Kier molecular flexibility index (Phi) is 11.8. The maximum absolute atomic E-state index is 12.0. The molecule has 0 heterocycles. The van der Waals surface area contributed by atoms with Gasteiger partial charge in [-0.3, -0.25) is 14.4 Å². The van der Waals surface area contributed by atoms with Crippen LogP contribution in [0.2, 0.25) is 0 Å². The Morgan fingerprint density at radius 3 is 1.84 bits per heavy atom. The lowest BCUT2D eigenvalue weighted by molar-refractivity contribution is -0.137. The number of ether oxygens (including phenoxy) is 1. The van der Waals surface area contributed by atoms with E-state index in [-0.39, 0.29) is 37.4 Å². The molecule has 25 heavy (non-hydrogen) atoms. The number of carbonyl (C=O) groups is 4. The molecule has 9 heteroatoms. The molecule has 0 aromatic carbocycles. The van der Waals surface area contributed by atoms with Crippen LogP contribution in [0, 0.1) is 0 Å². The van der Waals surface area contributed by atoms with Gasteiger partial charge in [-0.2, -0.15) is 0 Å². The zero-order chi connectivity index (χ0) is 19.2.